The lowest BCUT2D eigenvalue weighted by Crippen LogP contribution is -2.17. The summed E-state index contributed by atoms with van der Waals surface area (Å²) >= 11 is 6.34. The van der Waals surface area contributed by atoms with Gasteiger partial charge in [-0.2, -0.15) is 5.10 Å². The number of rotatable bonds is 11. The average molecular weight is 545 g/mol. The molecular weight excluding hydrogens is 520 g/mol. The van der Waals surface area contributed by atoms with Gasteiger partial charge in [0, 0.05) is 5.56 Å². The van der Waals surface area contributed by atoms with E-state index in [0.717, 1.165) is 11.1 Å². The van der Waals surface area contributed by atoms with E-state index in [9.17, 15) is 9.59 Å². The van der Waals surface area contributed by atoms with Crippen LogP contribution in [0.5, 0.6) is 17.2 Å². The molecule has 0 saturated carbocycles. The van der Waals surface area contributed by atoms with E-state index < -0.39 is 11.9 Å². The summed E-state index contributed by atoms with van der Waals surface area (Å²) in [5.74, 6) is 0.0140. The zero-order valence-corrected chi connectivity index (χ0v) is 21.7. The predicted molar refractivity (Wildman–Crippen MR) is 148 cm³/mol. The number of carboxylic acids is 1. The van der Waals surface area contributed by atoms with Crippen LogP contribution < -0.4 is 19.6 Å². The van der Waals surface area contributed by atoms with Gasteiger partial charge in [-0.15, -0.1) is 0 Å². The molecule has 4 rings (SSSR count). The largest absolute Gasteiger partial charge is 0.493 e. The molecule has 0 unspecified atom stereocenters. The minimum Gasteiger partial charge on any atom is -0.493 e. The molecule has 0 atom stereocenters. The number of nitrogens with one attached hydrogen (secondary N) is 1. The van der Waals surface area contributed by atoms with Crippen molar-refractivity contribution in [2.75, 3.05) is 7.11 Å². The zero-order chi connectivity index (χ0) is 27.6. The van der Waals surface area contributed by atoms with Crippen LogP contribution in [0, 0.1) is 0 Å². The van der Waals surface area contributed by atoms with Crippen molar-refractivity contribution in [3.63, 3.8) is 0 Å². The van der Waals surface area contributed by atoms with Crippen molar-refractivity contribution in [2.24, 2.45) is 5.10 Å². The fraction of sp³-hybridized carbons (Fsp3) is 0.100. The first kappa shape index (κ1) is 27.2. The van der Waals surface area contributed by atoms with Gasteiger partial charge in [-0.05, 0) is 65.2 Å². The lowest BCUT2D eigenvalue weighted by molar-refractivity contribution is 0.0696. The van der Waals surface area contributed by atoms with Crippen LogP contribution in [0.1, 0.15) is 37.4 Å². The van der Waals surface area contributed by atoms with Gasteiger partial charge in [0.2, 0.25) is 0 Å². The van der Waals surface area contributed by atoms with Crippen molar-refractivity contribution in [2.45, 2.75) is 13.2 Å². The van der Waals surface area contributed by atoms with Crippen molar-refractivity contribution in [1.82, 2.24) is 5.43 Å². The van der Waals surface area contributed by atoms with Crippen molar-refractivity contribution < 1.29 is 28.9 Å². The Morgan fingerprint density at radius 1 is 0.821 bits per heavy atom. The standard InChI is InChI=1S/C30H25ClN2O6/c1-37-28-16-24(12-14-27(28)39-18-20-5-3-2-4-6-20)29(34)33-32-17-22-9-13-26(25(31)15-22)38-19-21-7-10-23(11-8-21)30(35)36/h2-17H,18-19H2,1H3,(H,33,34)(H,35,36)/b32-17+. The zero-order valence-electron chi connectivity index (χ0n) is 21.0. The van der Waals surface area contributed by atoms with Crippen LogP contribution in [0.2, 0.25) is 5.02 Å². The first-order valence-corrected chi connectivity index (χ1v) is 12.2. The number of carbonyl (C=O) groups is 2. The third-order valence-electron chi connectivity index (χ3n) is 5.59. The SMILES string of the molecule is COc1cc(C(=O)N/N=C/c2ccc(OCc3ccc(C(=O)O)cc3)c(Cl)c2)ccc1OCc1ccccc1. The molecule has 0 heterocycles. The molecule has 0 saturated heterocycles. The van der Waals surface area contributed by atoms with E-state index >= 15 is 0 Å². The van der Waals surface area contributed by atoms with E-state index in [0.29, 0.717) is 40.0 Å². The number of amides is 1. The van der Waals surface area contributed by atoms with Crippen molar-refractivity contribution in [1.29, 1.82) is 0 Å². The molecule has 2 N–H and O–H groups in total. The molecule has 39 heavy (non-hydrogen) atoms. The molecule has 0 bridgehead atoms. The lowest BCUT2D eigenvalue weighted by Gasteiger charge is -2.12. The third-order valence-corrected chi connectivity index (χ3v) is 5.89. The smallest absolute Gasteiger partial charge is 0.335 e. The quantitative estimate of drug-likeness (QED) is 0.178. The van der Waals surface area contributed by atoms with Crippen LogP contribution in [0.4, 0.5) is 0 Å². The number of halogens is 1. The second-order valence-corrected chi connectivity index (χ2v) is 8.73. The Morgan fingerprint density at radius 2 is 1.46 bits per heavy atom. The molecular formula is C30H25ClN2O6. The van der Waals surface area contributed by atoms with E-state index in [-0.39, 0.29) is 12.2 Å². The van der Waals surface area contributed by atoms with Gasteiger partial charge in [-0.3, -0.25) is 4.79 Å². The van der Waals surface area contributed by atoms with E-state index in [1.807, 2.05) is 30.3 Å². The fourth-order valence-corrected chi connectivity index (χ4v) is 3.76. The number of nitrogens with zero attached hydrogens (tertiary/aromatic N) is 1. The van der Waals surface area contributed by atoms with Crippen LogP contribution in [0.15, 0.2) is 96.1 Å². The Labute approximate surface area is 230 Å². The Morgan fingerprint density at radius 3 is 2.13 bits per heavy atom. The molecule has 0 radical (unpaired) electrons. The summed E-state index contributed by atoms with van der Waals surface area (Å²) in [5.41, 5.74) is 5.52. The van der Waals surface area contributed by atoms with Crippen LogP contribution in [0.3, 0.4) is 0 Å². The third kappa shape index (κ3) is 7.59. The lowest BCUT2D eigenvalue weighted by atomic mass is 10.1. The predicted octanol–water partition coefficient (Wildman–Crippen LogP) is 5.97. The Kier molecular flexibility index (Phi) is 9.16. The molecule has 1 amide bonds. The minimum atomic E-state index is -0.985. The van der Waals surface area contributed by atoms with E-state index in [1.165, 1.54) is 25.5 Å². The van der Waals surface area contributed by atoms with Crippen molar-refractivity contribution in [3.05, 3.63) is 124 Å². The van der Waals surface area contributed by atoms with Gasteiger partial charge >= 0.3 is 5.97 Å². The average Bonchev–Trinajstić information content (AvgIpc) is 2.96. The van der Waals surface area contributed by atoms with Crippen LogP contribution >= 0.6 is 11.6 Å². The second-order valence-electron chi connectivity index (χ2n) is 8.32. The summed E-state index contributed by atoms with van der Waals surface area (Å²) in [6.07, 6.45) is 1.47. The fourth-order valence-electron chi connectivity index (χ4n) is 3.51. The van der Waals surface area contributed by atoms with E-state index in [2.05, 4.69) is 10.5 Å². The summed E-state index contributed by atoms with van der Waals surface area (Å²) < 4.78 is 17.0. The van der Waals surface area contributed by atoms with Crippen LogP contribution in [0.25, 0.3) is 0 Å². The van der Waals surface area contributed by atoms with Crippen LogP contribution in [-0.2, 0) is 13.2 Å². The Balaban J connectivity index is 1.31. The van der Waals surface area contributed by atoms with Gasteiger partial charge in [-0.25, -0.2) is 10.2 Å². The molecule has 0 aliphatic rings. The topological polar surface area (TPSA) is 106 Å². The monoisotopic (exact) mass is 544 g/mol. The molecule has 0 aliphatic heterocycles. The maximum Gasteiger partial charge on any atom is 0.335 e. The summed E-state index contributed by atoms with van der Waals surface area (Å²) in [6, 6.07) is 26.1. The summed E-state index contributed by atoms with van der Waals surface area (Å²) in [4.78, 5) is 23.6. The number of carbonyl (C=O) groups excluding carboxylic acids is 1. The van der Waals surface area contributed by atoms with Crippen LogP contribution in [-0.4, -0.2) is 30.3 Å². The Hall–Kier alpha value is -4.82. The molecule has 0 aliphatic carbocycles. The van der Waals surface area contributed by atoms with Gasteiger partial charge in [0.1, 0.15) is 19.0 Å². The van der Waals surface area contributed by atoms with Gasteiger partial charge in [-0.1, -0.05) is 54.1 Å². The number of hydrazone groups is 1. The molecule has 4 aromatic carbocycles. The number of benzene rings is 4. The number of aromatic carboxylic acids is 1. The number of methoxy groups -OCH3 is 1. The first-order chi connectivity index (χ1) is 18.9. The van der Waals surface area contributed by atoms with Crippen molar-refractivity contribution in [3.8, 4) is 17.2 Å². The maximum absolute atomic E-state index is 12.6. The molecule has 9 heteroatoms. The number of carboxylic acid groups (broad SMARTS) is 1. The highest BCUT2D eigenvalue weighted by molar-refractivity contribution is 6.32. The van der Waals surface area contributed by atoms with Gasteiger partial charge in [0.05, 0.1) is 23.9 Å². The van der Waals surface area contributed by atoms with Gasteiger partial charge in [0.15, 0.2) is 11.5 Å². The highest BCUT2D eigenvalue weighted by Gasteiger charge is 2.11. The maximum atomic E-state index is 12.6. The summed E-state index contributed by atoms with van der Waals surface area (Å²) in [5, 5.41) is 13.4. The molecule has 0 spiro atoms. The molecule has 0 aromatic heterocycles. The van der Waals surface area contributed by atoms with Crippen molar-refractivity contribution >= 4 is 29.7 Å². The highest BCUT2D eigenvalue weighted by Crippen LogP contribution is 2.29. The van der Waals surface area contributed by atoms with Gasteiger partial charge in [0.25, 0.3) is 5.91 Å². The number of ether oxygens (including phenoxy) is 3. The molecule has 8 nitrogen and oxygen atoms in total. The van der Waals surface area contributed by atoms with E-state index in [4.69, 9.17) is 30.9 Å². The molecule has 4 aromatic rings. The summed E-state index contributed by atoms with van der Waals surface area (Å²) in [7, 11) is 1.51. The second kappa shape index (κ2) is 13.1. The number of hydrogen-bond donors (Lipinski definition) is 2. The first-order valence-electron chi connectivity index (χ1n) is 11.9. The van der Waals surface area contributed by atoms with E-state index in [1.54, 1.807) is 48.5 Å². The Bertz CT molecular complexity index is 1470. The minimum absolute atomic E-state index is 0.205. The normalized spacial score (nSPS) is 10.7. The number of hydrogen-bond acceptors (Lipinski definition) is 6. The molecule has 198 valence electrons. The summed E-state index contributed by atoms with van der Waals surface area (Å²) in [6.45, 7) is 0.599. The highest BCUT2D eigenvalue weighted by atomic mass is 35.5. The molecule has 0 fully saturated rings. The van der Waals surface area contributed by atoms with Gasteiger partial charge < -0.3 is 19.3 Å².